The van der Waals surface area contributed by atoms with Gasteiger partial charge in [-0.1, -0.05) is 43.4 Å². The molecule has 1 N–H and O–H groups in total. The van der Waals surface area contributed by atoms with Crippen LogP contribution < -0.4 is 5.32 Å². The zero-order chi connectivity index (χ0) is 15.1. The van der Waals surface area contributed by atoms with Crippen LogP contribution in [0.3, 0.4) is 0 Å². The lowest BCUT2D eigenvalue weighted by Crippen LogP contribution is -2.38. The van der Waals surface area contributed by atoms with Gasteiger partial charge in [-0.15, -0.1) is 10.2 Å². The molecule has 7 heteroatoms. The Kier molecular flexibility index (Phi) is 6.76. The highest BCUT2D eigenvalue weighted by atomic mass is 32.2. The van der Waals surface area contributed by atoms with Gasteiger partial charge in [0.05, 0.1) is 5.75 Å². The van der Waals surface area contributed by atoms with E-state index in [4.69, 9.17) is 0 Å². The van der Waals surface area contributed by atoms with Crippen molar-refractivity contribution < 1.29 is 4.79 Å². The van der Waals surface area contributed by atoms with Crippen LogP contribution in [-0.2, 0) is 4.79 Å². The number of rotatable bonds is 7. The Morgan fingerprint density at radius 3 is 2.90 bits per heavy atom. The van der Waals surface area contributed by atoms with Gasteiger partial charge in [-0.05, 0) is 25.2 Å². The molecule has 1 saturated heterocycles. The number of likely N-dealkylation sites (tertiary alicyclic amines) is 1. The third-order valence-corrected chi connectivity index (χ3v) is 5.67. The lowest BCUT2D eigenvalue weighted by molar-refractivity contribution is -0.129. The predicted molar refractivity (Wildman–Crippen MR) is 89.0 cm³/mol. The zero-order valence-corrected chi connectivity index (χ0v) is 14.4. The molecule has 0 spiro atoms. The summed E-state index contributed by atoms with van der Waals surface area (Å²) in [5, 5.41) is 12.3. The highest BCUT2D eigenvalue weighted by Crippen LogP contribution is 2.26. The van der Waals surface area contributed by atoms with Gasteiger partial charge in [-0.25, -0.2) is 0 Å². The molecule has 0 saturated carbocycles. The van der Waals surface area contributed by atoms with E-state index in [0.29, 0.717) is 5.75 Å². The van der Waals surface area contributed by atoms with Gasteiger partial charge in [0.25, 0.3) is 0 Å². The molecule has 5 nitrogen and oxygen atoms in total. The van der Waals surface area contributed by atoms with E-state index in [-0.39, 0.29) is 5.91 Å². The number of anilines is 1. The molecule has 1 aliphatic rings. The monoisotopic (exact) mass is 328 g/mol. The first-order chi connectivity index (χ1) is 10.2. The minimum absolute atomic E-state index is 0.225. The van der Waals surface area contributed by atoms with Crippen molar-refractivity contribution in [1.29, 1.82) is 0 Å². The zero-order valence-electron chi connectivity index (χ0n) is 12.8. The van der Waals surface area contributed by atoms with Crippen molar-refractivity contribution in [1.82, 2.24) is 15.1 Å². The van der Waals surface area contributed by atoms with E-state index in [2.05, 4.69) is 29.4 Å². The average Bonchev–Trinajstić information content (AvgIpc) is 2.94. The van der Waals surface area contributed by atoms with Crippen molar-refractivity contribution in [2.45, 2.75) is 43.9 Å². The number of carbonyl (C=O) groups is 1. The maximum atomic E-state index is 12.1. The molecule has 2 heterocycles. The topological polar surface area (TPSA) is 58.1 Å². The van der Waals surface area contributed by atoms with Crippen LogP contribution in [0.25, 0.3) is 0 Å². The van der Waals surface area contributed by atoms with Gasteiger partial charge >= 0.3 is 0 Å². The number of thioether (sulfide) groups is 1. The fraction of sp³-hybridized carbons (Fsp3) is 0.786. The van der Waals surface area contributed by atoms with Crippen LogP contribution in [0.15, 0.2) is 4.34 Å². The minimum Gasteiger partial charge on any atom is -0.360 e. The van der Waals surface area contributed by atoms with Gasteiger partial charge in [0.2, 0.25) is 11.0 Å². The number of piperidine rings is 1. The second kappa shape index (κ2) is 8.58. The van der Waals surface area contributed by atoms with E-state index in [1.54, 1.807) is 0 Å². The van der Waals surface area contributed by atoms with Gasteiger partial charge in [0.15, 0.2) is 4.34 Å². The van der Waals surface area contributed by atoms with E-state index in [1.165, 1.54) is 23.1 Å². The quantitative estimate of drug-likeness (QED) is 0.616. The van der Waals surface area contributed by atoms with Crippen molar-refractivity contribution in [3.63, 3.8) is 0 Å². The third kappa shape index (κ3) is 5.47. The number of carbonyl (C=O) groups excluding carboxylic acids is 1. The lowest BCUT2D eigenvalue weighted by atomic mass is 9.99. The first kappa shape index (κ1) is 16.5. The van der Waals surface area contributed by atoms with Crippen LogP contribution >= 0.6 is 23.1 Å². The summed E-state index contributed by atoms with van der Waals surface area (Å²) in [4.78, 5) is 14.1. The largest absolute Gasteiger partial charge is 0.360 e. The maximum Gasteiger partial charge on any atom is 0.233 e. The first-order valence-corrected chi connectivity index (χ1v) is 9.47. The molecule has 0 bridgehead atoms. The van der Waals surface area contributed by atoms with E-state index < -0.39 is 0 Å². The summed E-state index contributed by atoms with van der Waals surface area (Å²) >= 11 is 3.03. The molecule has 0 radical (unpaired) electrons. The Labute approximate surface area is 134 Å². The second-order valence-corrected chi connectivity index (χ2v) is 7.71. The van der Waals surface area contributed by atoms with Crippen molar-refractivity contribution in [3.8, 4) is 0 Å². The van der Waals surface area contributed by atoms with E-state index in [9.17, 15) is 4.79 Å². The van der Waals surface area contributed by atoms with E-state index in [0.717, 1.165) is 60.7 Å². The molecule has 0 unspecified atom stereocenters. The Bertz CT molecular complexity index is 444. The van der Waals surface area contributed by atoms with Crippen molar-refractivity contribution in [2.24, 2.45) is 5.92 Å². The smallest absolute Gasteiger partial charge is 0.233 e. The number of aromatic nitrogens is 2. The standard InChI is InChI=1S/C14H24N4OS2/c1-3-4-7-15-13-16-17-14(21-13)20-10-12(19)18-8-5-11(2)6-9-18/h11H,3-10H2,1-2H3,(H,15,16). The van der Waals surface area contributed by atoms with Gasteiger partial charge in [-0.3, -0.25) is 4.79 Å². The molecule has 2 rings (SSSR count). The van der Waals surface area contributed by atoms with Crippen LogP contribution in [0.2, 0.25) is 0 Å². The maximum absolute atomic E-state index is 12.1. The molecule has 21 heavy (non-hydrogen) atoms. The van der Waals surface area contributed by atoms with E-state index >= 15 is 0 Å². The lowest BCUT2D eigenvalue weighted by Gasteiger charge is -2.30. The number of hydrogen-bond acceptors (Lipinski definition) is 6. The highest BCUT2D eigenvalue weighted by molar-refractivity contribution is 8.01. The van der Waals surface area contributed by atoms with Gasteiger partial charge in [-0.2, -0.15) is 0 Å². The van der Waals surface area contributed by atoms with E-state index in [1.807, 2.05) is 4.90 Å². The molecule has 1 fully saturated rings. The van der Waals surface area contributed by atoms with Gasteiger partial charge in [0, 0.05) is 19.6 Å². The summed E-state index contributed by atoms with van der Waals surface area (Å²) in [6.07, 6.45) is 4.55. The SMILES string of the molecule is CCCCNc1nnc(SCC(=O)N2CCC(C)CC2)s1. The fourth-order valence-corrected chi connectivity index (χ4v) is 3.86. The van der Waals surface area contributed by atoms with Crippen LogP contribution in [0.5, 0.6) is 0 Å². The molecule has 1 aromatic rings. The van der Waals surface area contributed by atoms with Gasteiger partial charge in [0.1, 0.15) is 0 Å². The van der Waals surface area contributed by atoms with Crippen molar-refractivity contribution >= 4 is 34.1 Å². The van der Waals surface area contributed by atoms with Crippen LogP contribution in [0.4, 0.5) is 5.13 Å². The van der Waals surface area contributed by atoms with Crippen LogP contribution in [-0.4, -0.2) is 46.4 Å². The first-order valence-electron chi connectivity index (χ1n) is 7.67. The fourth-order valence-electron chi connectivity index (χ4n) is 2.18. The second-order valence-electron chi connectivity index (χ2n) is 5.51. The van der Waals surface area contributed by atoms with Crippen molar-refractivity contribution in [2.75, 3.05) is 30.7 Å². The summed E-state index contributed by atoms with van der Waals surface area (Å²) in [6.45, 7) is 7.16. The highest BCUT2D eigenvalue weighted by Gasteiger charge is 2.20. The van der Waals surface area contributed by atoms with Gasteiger partial charge < -0.3 is 10.2 Å². The molecule has 0 aliphatic carbocycles. The molecule has 0 atom stereocenters. The van der Waals surface area contributed by atoms with Crippen LogP contribution in [0, 0.1) is 5.92 Å². The molecular formula is C14H24N4OS2. The molecular weight excluding hydrogens is 304 g/mol. The average molecular weight is 329 g/mol. The number of amides is 1. The molecule has 1 amide bonds. The molecule has 1 aliphatic heterocycles. The normalized spacial score (nSPS) is 16.2. The number of unbranched alkanes of at least 4 members (excludes halogenated alkanes) is 1. The minimum atomic E-state index is 0.225. The Morgan fingerprint density at radius 2 is 2.19 bits per heavy atom. The summed E-state index contributed by atoms with van der Waals surface area (Å²) in [7, 11) is 0. The summed E-state index contributed by atoms with van der Waals surface area (Å²) < 4.78 is 0.868. The van der Waals surface area contributed by atoms with Crippen LogP contribution in [0.1, 0.15) is 39.5 Å². The third-order valence-electron chi connectivity index (χ3n) is 3.67. The predicted octanol–water partition coefficient (Wildman–Crippen LogP) is 3.10. The summed E-state index contributed by atoms with van der Waals surface area (Å²) in [5.41, 5.74) is 0. The Morgan fingerprint density at radius 1 is 1.43 bits per heavy atom. The number of nitrogens with one attached hydrogen (secondary N) is 1. The molecule has 118 valence electrons. The molecule has 1 aromatic heterocycles. The Balaban J connectivity index is 1.71. The Hall–Kier alpha value is -0.820. The number of nitrogens with zero attached hydrogens (tertiary/aromatic N) is 3. The number of hydrogen-bond donors (Lipinski definition) is 1. The van der Waals surface area contributed by atoms with Crippen molar-refractivity contribution in [3.05, 3.63) is 0 Å². The molecule has 0 aromatic carbocycles. The summed E-state index contributed by atoms with van der Waals surface area (Å²) in [5.74, 6) is 1.45. The summed E-state index contributed by atoms with van der Waals surface area (Å²) in [6, 6.07) is 0.